The molecule has 2 aliphatic rings. The van der Waals surface area contributed by atoms with Gasteiger partial charge in [-0.3, -0.25) is 14.4 Å². The number of nitriles is 1. The fourth-order valence-electron chi connectivity index (χ4n) is 5.29. The summed E-state index contributed by atoms with van der Waals surface area (Å²) in [5.41, 5.74) is 3.69. The van der Waals surface area contributed by atoms with Crippen LogP contribution in [-0.2, 0) is 32.8 Å². The first kappa shape index (κ1) is 24.3. The number of aliphatic carboxylic acids is 1. The molecule has 2 aliphatic heterocycles. The summed E-state index contributed by atoms with van der Waals surface area (Å²) in [6.45, 7) is 5.46. The second-order valence-electron chi connectivity index (χ2n) is 10.3. The highest BCUT2D eigenvalue weighted by Crippen LogP contribution is 2.42. The van der Waals surface area contributed by atoms with Crippen LogP contribution in [0.1, 0.15) is 42.8 Å². The van der Waals surface area contributed by atoms with Crippen LogP contribution in [0.2, 0.25) is 0 Å². The van der Waals surface area contributed by atoms with Crippen molar-refractivity contribution in [1.29, 1.82) is 5.26 Å². The van der Waals surface area contributed by atoms with Gasteiger partial charge in [0, 0.05) is 55.2 Å². The number of amides is 2. The molecule has 1 aromatic heterocycles. The van der Waals surface area contributed by atoms with Crippen LogP contribution in [0.15, 0.2) is 54.9 Å². The van der Waals surface area contributed by atoms with E-state index in [0.717, 1.165) is 16.8 Å². The molecule has 5 rings (SSSR count). The lowest BCUT2D eigenvalue weighted by atomic mass is 9.86. The van der Waals surface area contributed by atoms with Crippen molar-refractivity contribution in [3.63, 3.8) is 0 Å². The molecule has 0 spiro atoms. The number of nitrogens with zero attached hydrogens (tertiary/aromatic N) is 5. The SMILES string of the molecule is CC1(C)CN(C(=O)[C@H]2CC(=O)N(c3cccc(C#N)c3)C2)c2ccc(Cn3ccnc3CC(=O)O)cc21. The monoisotopic (exact) mass is 497 g/mol. The summed E-state index contributed by atoms with van der Waals surface area (Å²) in [6, 6.07) is 14.9. The number of carboxylic acid groups (broad SMARTS) is 1. The average Bonchev–Trinajstić information content (AvgIpc) is 3.54. The molecule has 0 saturated carbocycles. The van der Waals surface area contributed by atoms with Gasteiger partial charge in [-0.2, -0.15) is 5.26 Å². The van der Waals surface area contributed by atoms with Crippen LogP contribution in [0.5, 0.6) is 0 Å². The fourth-order valence-corrected chi connectivity index (χ4v) is 5.29. The summed E-state index contributed by atoms with van der Waals surface area (Å²) >= 11 is 0. The first-order valence-corrected chi connectivity index (χ1v) is 12.1. The van der Waals surface area contributed by atoms with E-state index in [1.807, 2.05) is 16.7 Å². The predicted molar refractivity (Wildman–Crippen MR) is 136 cm³/mol. The van der Waals surface area contributed by atoms with Crippen LogP contribution in [0, 0.1) is 17.2 Å². The molecule has 188 valence electrons. The summed E-state index contributed by atoms with van der Waals surface area (Å²) < 4.78 is 1.82. The molecule has 9 heteroatoms. The molecule has 0 bridgehead atoms. The van der Waals surface area contributed by atoms with Crippen molar-refractivity contribution in [3.05, 3.63) is 77.4 Å². The minimum Gasteiger partial charge on any atom is -0.481 e. The highest BCUT2D eigenvalue weighted by atomic mass is 16.4. The highest BCUT2D eigenvalue weighted by Gasteiger charge is 2.43. The van der Waals surface area contributed by atoms with Gasteiger partial charge in [0.1, 0.15) is 12.2 Å². The molecule has 1 saturated heterocycles. The van der Waals surface area contributed by atoms with E-state index >= 15 is 0 Å². The maximum absolute atomic E-state index is 13.7. The Morgan fingerprint density at radius 2 is 2.03 bits per heavy atom. The lowest BCUT2D eigenvalue weighted by Gasteiger charge is -2.23. The van der Waals surface area contributed by atoms with E-state index in [1.165, 1.54) is 0 Å². The number of anilines is 2. The minimum absolute atomic E-state index is 0.0785. The topological polar surface area (TPSA) is 120 Å². The summed E-state index contributed by atoms with van der Waals surface area (Å²) in [5, 5.41) is 18.3. The summed E-state index contributed by atoms with van der Waals surface area (Å²) in [7, 11) is 0. The van der Waals surface area contributed by atoms with Gasteiger partial charge >= 0.3 is 5.97 Å². The largest absolute Gasteiger partial charge is 0.481 e. The number of imidazole rings is 1. The lowest BCUT2D eigenvalue weighted by molar-refractivity contribution is -0.136. The second-order valence-corrected chi connectivity index (χ2v) is 10.3. The van der Waals surface area contributed by atoms with E-state index in [1.54, 1.807) is 46.5 Å². The van der Waals surface area contributed by atoms with Crippen LogP contribution in [0.25, 0.3) is 0 Å². The van der Waals surface area contributed by atoms with Gasteiger partial charge in [-0.15, -0.1) is 0 Å². The van der Waals surface area contributed by atoms with Crippen molar-refractivity contribution in [3.8, 4) is 6.07 Å². The van der Waals surface area contributed by atoms with Crippen molar-refractivity contribution >= 4 is 29.2 Å². The van der Waals surface area contributed by atoms with E-state index in [4.69, 9.17) is 5.11 Å². The summed E-state index contributed by atoms with van der Waals surface area (Å²) in [5.74, 6) is -1.12. The molecule has 2 amide bonds. The summed E-state index contributed by atoms with van der Waals surface area (Å²) in [6.07, 6.45) is 3.34. The molecular weight excluding hydrogens is 470 g/mol. The molecule has 1 fully saturated rings. The first-order chi connectivity index (χ1) is 17.7. The number of hydrogen-bond acceptors (Lipinski definition) is 5. The van der Waals surface area contributed by atoms with Gasteiger partial charge in [0.05, 0.1) is 17.6 Å². The number of benzene rings is 2. The Labute approximate surface area is 214 Å². The Hall–Kier alpha value is -4.45. The van der Waals surface area contributed by atoms with Gasteiger partial charge < -0.3 is 19.5 Å². The number of hydrogen-bond donors (Lipinski definition) is 1. The zero-order chi connectivity index (χ0) is 26.3. The third-order valence-electron chi connectivity index (χ3n) is 7.13. The van der Waals surface area contributed by atoms with Crippen LogP contribution in [0.3, 0.4) is 0 Å². The zero-order valence-electron chi connectivity index (χ0n) is 20.7. The molecule has 0 aliphatic carbocycles. The number of aromatic nitrogens is 2. The van der Waals surface area contributed by atoms with E-state index in [-0.39, 0.29) is 36.6 Å². The first-order valence-electron chi connectivity index (χ1n) is 12.1. The number of rotatable bonds is 6. The normalized spacial score (nSPS) is 18.1. The molecule has 0 unspecified atom stereocenters. The van der Waals surface area contributed by atoms with Gasteiger partial charge in [-0.05, 0) is 35.4 Å². The lowest BCUT2D eigenvalue weighted by Crippen LogP contribution is -2.39. The number of fused-ring (bicyclic) bond motifs is 1. The average molecular weight is 498 g/mol. The molecule has 1 atom stereocenters. The predicted octanol–water partition coefficient (Wildman–Crippen LogP) is 3.11. The zero-order valence-corrected chi connectivity index (χ0v) is 20.7. The quantitative estimate of drug-likeness (QED) is 0.559. The second kappa shape index (κ2) is 9.21. The molecule has 3 heterocycles. The van der Waals surface area contributed by atoms with Crippen molar-refractivity contribution in [2.24, 2.45) is 5.92 Å². The van der Waals surface area contributed by atoms with Gasteiger partial charge in [0.15, 0.2) is 0 Å². The van der Waals surface area contributed by atoms with E-state index in [9.17, 15) is 19.6 Å². The standard InChI is InChI=1S/C28H27N5O4/c1-28(2)17-33(27(37)20-12-25(34)32(16-20)21-5-3-4-18(10-21)14-29)23-7-6-19(11-22(23)28)15-31-9-8-30-24(31)13-26(35)36/h3-11,20H,12-13,15-17H2,1-2H3,(H,35,36)/t20-/m0/s1. The minimum atomic E-state index is -0.932. The Morgan fingerprint density at radius 3 is 2.78 bits per heavy atom. The Kier molecular flexibility index (Phi) is 6.04. The number of carbonyl (C=O) groups excluding carboxylic acids is 2. The number of carboxylic acids is 1. The third kappa shape index (κ3) is 4.58. The molecular formula is C28H27N5O4. The smallest absolute Gasteiger partial charge is 0.311 e. The van der Waals surface area contributed by atoms with Crippen LogP contribution < -0.4 is 9.80 Å². The highest BCUT2D eigenvalue weighted by molar-refractivity contribution is 6.05. The van der Waals surface area contributed by atoms with Gasteiger partial charge in [-0.25, -0.2) is 4.98 Å². The Bertz CT molecular complexity index is 1450. The summed E-state index contributed by atoms with van der Waals surface area (Å²) in [4.78, 5) is 45.1. The van der Waals surface area contributed by atoms with Gasteiger partial charge in [0.25, 0.3) is 0 Å². The van der Waals surface area contributed by atoms with Gasteiger partial charge in [0.2, 0.25) is 11.8 Å². The molecule has 9 nitrogen and oxygen atoms in total. The van der Waals surface area contributed by atoms with E-state index in [2.05, 4.69) is 31.0 Å². The van der Waals surface area contributed by atoms with E-state index < -0.39 is 11.9 Å². The molecule has 3 aromatic rings. The van der Waals surface area contributed by atoms with Crippen molar-refractivity contribution in [1.82, 2.24) is 9.55 Å². The van der Waals surface area contributed by atoms with Crippen LogP contribution >= 0.6 is 0 Å². The third-order valence-corrected chi connectivity index (χ3v) is 7.13. The van der Waals surface area contributed by atoms with Crippen molar-refractivity contribution in [2.75, 3.05) is 22.9 Å². The molecule has 0 radical (unpaired) electrons. The molecule has 37 heavy (non-hydrogen) atoms. The van der Waals surface area contributed by atoms with Crippen molar-refractivity contribution < 1.29 is 19.5 Å². The van der Waals surface area contributed by atoms with Crippen LogP contribution in [-0.4, -0.2) is 45.5 Å². The maximum Gasteiger partial charge on any atom is 0.311 e. The van der Waals surface area contributed by atoms with Crippen molar-refractivity contribution in [2.45, 2.75) is 38.6 Å². The molecule has 2 aromatic carbocycles. The molecule has 1 N–H and O–H groups in total. The Balaban J connectivity index is 1.36. The maximum atomic E-state index is 13.7. The van der Waals surface area contributed by atoms with Gasteiger partial charge in [-0.1, -0.05) is 32.0 Å². The fraction of sp³-hybridized carbons (Fsp3) is 0.321. The number of carbonyl (C=O) groups is 3. The van der Waals surface area contributed by atoms with Crippen LogP contribution in [0.4, 0.5) is 11.4 Å². The Morgan fingerprint density at radius 1 is 1.22 bits per heavy atom. The van der Waals surface area contributed by atoms with E-state index in [0.29, 0.717) is 30.2 Å².